The molecule has 0 heterocycles. The number of hydrogen-bond acceptors (Lipinski definition) is 9. The van der Waals surface area contributed by atoms with E-state index in [9.17, 15) is 9.59 Å². The maximum Gasteiger partial charge on any atom is 0.519 e. The summed E-state index contributed by atoms with van der Waals surface area (Å²) in [4.78, 5) is 27.6. The fourth-order valence-corrected chi connectivity index (χ4v) is 27.9. The molecule has 9 nitrogen and oxygen atoms in total. The molecule has 0 aliphatic heterocycles. The van der Waals surface area contributed by atoms with Crippen LogP contribution in [0.3, 0.4) is 0 Å². The van der Waals surface area contributed by atoms with Crippen LogP contribution < -0.4 is 29.3 Å². The van der Waals surface area contributed by atoms with Gasteiger partial charge in [0.05, 0.1) is 5.41 Å². The van der Waals surface area contributed by atoms with Gasteiger partial charge in [0.2, 0.25) is 0 Å². The SMILES string of the molecule is Cc1ccccc1OC(=O)Oc1cc(C2(c3ccc(C)c(OC(=O)Oc4ccccc4CCC[Si](C)(O[Si](C)(C)C)O[Si](O[Si](C)(C)C)(c4ccccc4)c4ccccc4)c3)c3ccccc3-c3ccccc32)ccc1C. The molecule has 0 saturated heterocycles. The van der Waals surface area contributed by atoms with Crippen molar-refractivity contribution in [1.82, 2.24) is 0 Å². The number of hydrogen-bond donors (Lipinski definition) is 0. The topological polar surface area (TPSA) is 98.8 Å². The summed E-state index contributed by atoms with van der Waals surface area (Å²) in [7, 11) is -10.7. The minimum absolute atomic E-state index is 0.351. The second-order valence-electron chi connectivity index (χ2n) is 22.0. The van der Waals surface area contributed by atoms with Crippen molar-refractivity contribution in [2.24, 2.45) is 0 Å². The Morgan fingerprint density at radius 3 is 1.34 bits per heavy atom. The molecule has 1 aliphatic carbocycles. The van der Waals surface area contributed by atoms with Crippen molar-refractivity contribution in [3.05, 3.63) is 239 Å². The predicted octanol–water partition coefficient (Wildman–Crippen LogP) is 15.1. The summed E-state index contributed by atoms with van der Waals surface area (Å²) in [6.45, 7) is 21.2. The summed E-state index contributed by atoms with van der Waals surface area (Å²) in [5.41, 5.74) is 8.15. The average molecular weight is 1090 g/mol. The number of rotatable bonds is 18. The number of para-hydroxylation sites is 2. The molecule has 0 aromatic heterocycles. The van der Waals surface area contributed by atoms with Gasteiger partial charge in [-0.05, 0) is 176 Å². The van der Waals surface area contributed by atoms with Gasteiger partial charge in [0, 0.05) is 0 Å². The fraction of sp³-hybridized carbons (Fsp3) is 0.219. The molecule has 1 atom stereocenters. The van der Waals surface area contributed by atoms with Crippen molar-refractivity contribution in [2.45, 2.75) is 90.9 Å². The van der Waals surface area contributed by atoms with E-state index in [1.54, 1.807) is 6.07 Å². The first kappa shape index (κ1) is 54.8. The van der Waals surface area contributed by atoms with E-state index < -0.39 is 51.5 Å². The molecule has 0 saturated carbocycles. The van der Waals surface area contributed by atoms with Crippen LogP contribution >= 0.6 is 0 Å². The minimum Gasteiger partial charge on any atom is -0.437 e. The Balaban J connectivity index is 0.998. The van der Waals surface area contributed by atoms with Crippen molar-refractivity contribution in [3.8, 4) is 34.1 Å². The lowest BCUT2D eigenvalue weighted by Crippen LogP contribution is -2.71. The quantitative estimate of drug-likeness (QED) is 0.0472. The van der Waals surface area contributed by atoms with E-state index in [1.165, 1.54) is 0 Å². The molecule has 0 spiro atoms. The van der Waals surface area contributed by atoms with E-state index in [-0.39, 0.29) is 0 Å². The van der Waals surface area contributed by atoms with Gasteiger partial charge in [0.15, 0.2) is 16.6 Å². The summed E-state index contributed by atoms with van der Waals surface area (Å²) in [5.74, 6) is 1.56. The number of benzene rings is 8. The highest BCUT2D eigenvalue weighted by molar-refractivity contribution is 7.02. The summed E-state index contributed by atoms with van der Waals surface area (Å²) >= 11 is 0. The number of aryl methyl sites for hydroxylation is 4. The third-order valence-electron chi connectivity index (χ3n) is 13.8. The maximum absolute atomic E-state index is 14.2. The number of fused-ring (bicyclic) bond motifs is 3. The van der Waals surface area contributed by atoms with Crippen LogP contribution in [-0.4, -0.2) is 46.1 Å². The molecule has 1 aliphatic rings. The first-order valence-corrected chi connectivity index (χ1v) is 37.5. The van der Waals surface area contributed by atoms with E-state index in [2.05, 4.69) is 131 Å². The molecular weight excluding hydrogens is 1030 g/mol. The van der Waals surface area contributed by atoms with E-state index in [0.717, 1.165) is 72.4 Å². The lowest BCUT2D eigenvalue weighted by atomic mass is 9.67. The van der Waals surface area contributed by atoms with Gasteiger partial charge >= 0.3 is 29.4 Å². The molecule has 8 aromatic rings. The molecule has 394 valence electrons. The zero-order valence-corrected chi connectivity index (χ0v) is 49.8. The zero-order chi connectivity index (χ0) is 54.6. The Hall–Kier alpha value is -6.95. The van der Waals surface area contributed by atoms with Crippen molar-refractivity contribution in [2.75, 3.05) is 0 Å². The van der Waals surface area contributed by atoms with Crippen LogP contribution in [0, 0.1) is 20.8 Å². The molecule has 0 fully saturated rings. The van der Waals surface area contributed by atoms with Crippen LogP contribution in [0.1, 0.15) is 50.9 Å². The van der Waals surface area contributed by atoms with E-state index in [1.807, 2.05) is 124 Å². The van der Waals surface area contributed by atoms with E-state index in [4.69, 9.17) is 31.3 Å². The smallest absolute Gasteiger partial charge is 0.437 e. The second-order valence-corrected chi connectivity index (χ2v) is 38.0. The van der Waals surface area contributed by atoms with Crippen LogP contribution in [0.2, 0.25) is 51.9 Å². The molecule has 0 radical (unpaired) electrons. The number of carbonyl (C=O) groups excluding carboxylic acids is 2. The minimum atomic E-state index is -3.31. The molecule has 1 unspecified atom stereocenters. The number of carbonyl (C=O) groups is 2. The zero-order valence-electron chi connectivity index (χ0n) is 45.8. The Labute approximate surface area is 458 Å². The third kappa shape index (κ3) is 12.1. The van der Waals surface area contributed by atoms with Gasteiger partial charge < -0.3 is 31.3 Å². The second kappa shape index (κ2) is 22.6. The van der Waals surface area contributed by atoms with E-state index in [0.29, 0.717) is 35.5 Å². The third-order valence-corrected chi connectivity index (χ3v) is 27.9. The van der Waals surface area contributed by atoms with E-state index >= 15 is 0 Å². The monoisotopic (exact) mass is 1090 g/mol. The normalized spacial score (nSPS) is 13.7. The molecule has 0 amide bonds. The van der Waals surface area contributed by atoms with Crippen LogP contribution in [0.25, 0.3) is 11.1 Å². The van der Waals surface area contributed by atoms with Crippen LogP contribution in [0.4, 0.5) is 9.59 Å². The molecule has 9 rings (SSSR count). The maximum atomic E-state index is 14.2. The average Bonchev–Trinajstić information content (AvgIpc) is 3.99. The molecular formula is C64H68O9Si4. The first-order chi connectivity index (χ1) is 36.8. The standard InChI is InChI=1S/C64H68O9Si4/c1-46-26-17-23-37-58(46)67-62(65)69-60-44-50(41-39-47(60)2)64(56-35-21-19-33-54(56)55-34-20-22-36-57(55)64)51-42-40-48(3)61(45-51)70-63(66)68-59-38-24-18-27-49(59)28-25-43-76(10,71-74(4,5)6)73-77(72-75(7,8)9,52-29-13-11-14-30-52)53-31-15-12-16-32-53/h11-24,26-27,29-42,44-45H,25,28,43H2,1-10H3. The lowest BCUT2D eigenvalue weighted by Gasteiger charge is -2.44. The van der Waals surface area contributed by atoms with Gasteiger partial charge in [-0.1, -0.05) is 170 Å². The Morgan fingerprint density at radius 2 is 0.831 bits per heavy atom. The fourth-order valence-electron chi connectivity index (χ4n) is 10.6. The highest BCUT2D eigenvalue weighted by atomic mass is 28.5. The summed E-state index contributed by atoms with van der Waals surface area (Å²) in [6, 6.07) is 65.1. The molecule has 13 heteroatoms. The predicted molar refractivity (Wildman–Crippen MR) is 317 cm³/mol. The Morgan fingerprint density at radius 1 is 0.416 bits per heavy atom. The van der Waals surface area contributed by atoms with Crippen LogP contribution in [0.15, 0.2) is 194 Å². The van der Waals surface area contributed by atoms with Gasteiger partial charge in [-0.3, -0.25) is 0 Å². The van der Waals surface area contributed by atoms with Gasteiger partial charge in [-0.2, -0.15) is 0 Å². The summed E-state index contributed by atoms with van der Waals surface area (Å²) in [6.07, 6.45) is -0.371. The van der Waals surface area contributed by atoms with Gasteiger partial charge in [-0.25, -0.2) is 9.59 Å². The van der Waals surface area contributed by atoms with Crippen LogP contribution in [-0.2, 0) is 24.2 Å². The molecule has 0 bridgehead atoms. The highest BCUT2D eigenvalue weighted by Crippen LogP contribution is 2.57. The van der Waals surface area contributed by atoms with Crippen molar-refractivity contribution in [3.63, 3.8) is 0 Å². The van der Waals surface area contributed by atoms with Crippen molar-refractivity contribution in [1.29, 1.82) is 0 Å². The van der Waals surface area contributed by atoms with Crippen molar-refractivity contribution >= 4 is 56.4 Å². The van der Waals surface area contributed by atoms with Gasteiger partial charge in [0.25, 0.3) is 0 Å². The largest absolute Gasteiger partial charge is 0.519 e. The Kier molecular flexibility index (Phi) is 16.1. The first-order valence-electron chi connectivity index (χ1n) is 26.3. The lowest BCUT2D eigenvalue weighted by molar-refractivity contribution is 0.150. The van der Waals surface area contributed by atoms with Gasteiger partial charge in [-0.15, -0.1) is 0 Å². The van der Waals surface area contributed by atoms with Crippen molar-refractivity contribution < 1.29 is 40.9 Å². The van der Waals surface area contributed by atoms with Gasteiger partial charge in [0.1, 0.15) is 23.0 Å². The summed E-state index contributed by atoms with van der Waals surface area (Å²) < 4.78 is 46.3. The summed E-state index contributed by atoms with van der Waals surface area (Å²) in [5, 5.41) is 2.12. The molecule has 8 aromatic carbocycles. The molecule has 0 N–H and O–H groups in total. The number of ether oxygens (including phenoxy) is 4. The molecule has 77 heavy (non-hydrogen) atoms. The highest BCUT2D eigenvalue weighted by Gasteiger charge is 2.53. The Bertz CT molecular complexity index is 3320. The van der Waals surface area contributed by atoms with Crippen LogP contribution in [0.5, 0.6) is 23.0 Å².